The van der Waals surface area contributed by atoms with Crippen LogP contribution < -0.4 is 5.73 Å². The Morgan fingerprint density at radius 2 is 2.13 bits per heavy atom. The van der Waals surface area contributed by atoms with Crippen molar-refractivity contribution in [3.05, 3.63) is 17.5 Å². The van der Waals surface area contributed by atoms with E-state index in [1.54, 1.807) is 6.07 Å². The molecule has 3 heteroatoms. The van der Waals surface area contributed by atoms with E-state index in [1.165, 1.54) is 12.8 Å². The van der Waals surface area contributed by atoms with Gasteiger partial charge in [-0.05, 0) is 25.8 Å². The maximum atomic E-state index is 8.93. The zero-order chi connectivity index (χ0) is 11.3. The number of nitrogens with zero attached hydrogens (tertiary/aromatic N) is 2. The smallest absolute Gasteiger partial charge is 0.122 e. The number of rotatable bonds is 5. The third-order valence-electron chi connectivity index (χ3n) is 2.69. The Balaban J connectivity index is 2.86. The van der Waals surface area contributed by atoms with Crippen LogP contribution in [-0.4, -0.2) is 4.57 Å². The fourth-order valence-corrected chi connectivity index (χ4v) is 1.89. The van der Waals surface area contributed by atoms with E-state index < -0.39 is 0 Å². The summed E-state index contributed by atoms with van der Waals surface area (Å²) in [4.78, 5) is 0. The highest BCUT2D eigenvalue weighted by Crippen LogP contribution is 2.20. The van der Waals surface area contributed by atoms with Crippen molar-refractivity contribution < 1.29 is 0 Å². The normalized spacial score (nSPS) is 10.2. The second-order valence-electron chi connectivity index (χ2n) is 3.74. The number of anilines is 1. The van der Waals surface area contributed by atoms with Crippen molar-refractivity contribution in [2.75, 3.05) is 5.73 Å². The lowest BCUT2D eigenvalue weighted by atomic mass is 10.1. The molecule has 0 amide bonds. The standard InChI is InChI=1S/C12H19N3/c1-3-5-6-7-12-11(14)8-10(9-13)15(12)4-2/h8H,3-7,14H2,1-2H3. The van der Waals surface area contributed by atoms with Crippen LogP contribution in [-0.2, 0) is 13.0 Å². The highest BCUT2D eigenvalue weighted by Gasteiger charge is 2.10. The molecule has 15 heavy (non-hydrogen) atoms. The second-order valence-corrected chi connectivity index (χ2v) is 3.74. The minimum Gasteiger partial charge on any atom is -0.397 e. The summed E-state index contributed by atoms with van der Waals surface area (Å²) < 4.78 is 2.02. The highest BCUT2D eigenvalue weighted by atomic mass is 15.0. The first-order chi connectivity index (χ1) is 7.24. The first kappa shape index (κ1) is 11.6. The van der Waals surface area contributed by atoms with Gasteiger partial charge in [-0.25, -0.2) is 0 Å². The van der Waals surface area contributed by atoms with Gasteiger partial charge in [0.15, 0.2) is 0 Å². The molecule has 0 aliphatic rings. The fourth-order valence-electron chi connectivity index (χ4n) is 1.89. The summed E-state index contributed by atoms with van der Waals surface area (Å²) in [5, 5.41) is 8.93. The SMILES string of the molecule is CCCCCc1c(N)cc(C#N)n1CC. The summed E-state index contributed by atoms with van der Waals surface area (Å²) in [5.74, 6) is 0. The van der Waals surface area contributed by atoms with Gasteiger partial charge in [0.25, 0.3) is 0 Å². The molecule has 0 spiro atoms. The Bertz CT molecular complexity index is 358. The molecule has 0 unspecified atom stereocenters. The van der Waals surface area contributed by atoms with Crippen LogP contribution >= 0.6 is 0 Å². The van der Waals surface area contributed by atoms with Crippen molar-refractivity contribution in [1.82, 2.24) is 4.57 Å². The lowest BCUT2D eigenvalue weighted by Crippen LogP contribution is -2.04. The van der Waals surface area contributed by atoms with Gasteiger partial charge in [-0.2, -0.15) is 5.26 Å². The number of hydrogen-bond acceptors (Lipinski definition) is 2. The third-order valence-corrected chi connectivity index (χ3v) is 2.69. The number of hydrogen-bond donors (Lipinski definition) is 1. The highest BCUT2D eigenvalue weighted by molar-refractivity contribution is 5.50. The number of nitriles is 1. The van der Waals surface area contributed by atoms with Crippen molar-refractivity contribution in [2.45, 2.75) is 46.1 Å². The van der Waals surface area contributed by atoms with Gasteiger partial charge in [-0.15, -0.1) is 0 Å². The van der Waals surface area contributed by atoms with Crippen LogP contribution in [0.5, 0.6) is 0 Å². The molecule has 1 aromatic rings. The first-order valence-corrected chi connectivity index (χ1v) is 5.62. The summed E-state index contributed by atoms with van der Waals surface area (Å²) in [6.07, 6.45) is 4.55. The molecule has 0 atom stereocenters. The molecule has 0 aromatic carbocycles. The molecule has 1 heterocycles. The molecule has 0 radical (unpaired) electrons. The first-order valence-electron chi connectivity index (χ1n) is 5.62. The molecule has 0 bridgehead atoms. The minimum absolute atomic E-state index is 0.682. The molecule has 1 aromatic heterocycles. The summed E-state index contributed by atoms with van der Waals surface area (Å²) in [6.45, 7) is 5.05. The summed E-state index contributed by atoms with van der Waals surface area (Å²) in [5.41, 5.74) is 8.48. The van der Waals surface area contributed by atoms with Crippen molar-refractivity contribution in [3.8, 4) is 6.07 Å². The van der Waals surface area contributed by atoms with Gasteiger partial charge in [0.1, 0.15) is 11.8 Å². The molecule has 0 saturated carbocycles. The molecular weight excluding hydrogens is 186 g/mol. The van der Waals surface area contributed by atoms with E-state index in [2.05, 4.69) is 13.0 Å². The van der Waals surface area contributed by atoms with Crippen molar-refractivity contribution in [3.63, 3.8) is 0 Å². The minimum atomic E-state index is 0.682. The third kappa shape index (κ3) is 2.53. The van der Waals surface area contributed by atoms with Gasteiger partial charge in [0, 0.05) is 12.2 Å². The van der Waals surface area contributed by atoms with E-state index in [1.807, 2.05) is 11.5 Å². The largest absolute Gasteiger partial charge is 0.397 e. The van der Waals surface area contributed by atoms with Crippen LogP contribution in [0.2, 0.25) is 0 Å². The zero-order valence-electron chi connectivity index (χ0n) is 9.58. The lowest BCUT2D eigenvalue weighted by molar-refractivity contribution is 0.653. The van der Waals surface area contributed by atoms with E-state index in [4.69, 9.17) is 11.0 Å². The summed E-state index contributed by atoms with van der Waals surface area (Å²) >= 11 is 0. The molecule has 0 saturated heterocycles. The Hall–Kier alpha value is -1.43. The van der Waals surface area contributed by atoms with E-state index in [9.17, 15) is 0 Å². The number of nitrogens with two attached hydrogens (primary N) is 1. The Morgan fingerprint density at radius 3 is 2.67 bits per heavy atom. The molecule has 2 N–H and O–H groups in total. The van der Waals surface area contributed by atoms with Crippen molar-refractivity contribution >= 4 is 5.69 Å². The van der Waals surface area contributed by atoms with Crippen LogP contribution in [0, 0.1) is 11.3 Å². The maximum absolute atomic E-state index is 8.93. The van der Waals surface area contributed by atoms with E-state index in [-0.39, 0.29) is 0 Å². The maximum Gasteiger partial charge on any atom is 0.122 e. The van der Waals surface area contributed by atoms with Crippen LogP contribution in [0.3, 0.4) is 0 Å². The molecule has 82 valence electrons. The molecule has 0 fully saturated rings. The van der Waals surface area contributed by atoms with Gasteiger partial charge in [0.2, 0.25) is 0 Å². The van der Waals surface area contributed by atoms with Crippen LogP contribution in [0.15, 0.2) is 6.07 Å². The molecule has 3 nitrogen and oxygen atoms in total. The fraction of sp³-hybridized carbons (Fsp3) is 0.583. The average Bonchev–Trinajstić information content (AvgIpc) is 2.55. The van der Waals surface area contributed by atoms with Gasteiger partial charge in [0.05, 0.1) is 5.69 Å². The lowest BCUT2D eigenvalue weighted by Gasteiger charge is -2.08. The second kappa shape index (κ2) is 5.45. The molecule has 0 aliphatic carbocycles. The summed E-state index contributed by atoms with van der Waals surface area (Å²) in [7, 11) is 0. The molecule has 1 rings (SSSR count). The van der Waals surface area contributed by atoms with Gasteiger partial charge in [-0.3, -0.25) is 0 Å². The van der Waals surface area contributed by atoms with Crippen molar-refractivity contribution in [1.29, 1.82) is 5.26 Å². The number of nitrogen functional groups attached to an aromatic ring is 1. The van der Waals surface area contributed by atoms with Crippen LogP contribution in [0.4, 0.5) is 5.69 Å². The van der Waals surface area contributed by atoms with Gasteiger partial charge >= 0.3 is 0 Å². The topological polar surface area (TPSA) is 54.7 Å². The van der Waals surface area contributed by atoms with Crippen LogP contribution in [0.1, 0.15) is 44.5 Å². The molecule has 0 aliphatic heterocycles. The van der Waals surface area contributed by atoms with Gasteiger partial charge < -0.3 is 10.3 Å². The van der Waals surface area contributed by atoms with Crippen LogP contribution in [0.25, 0.3) is 0 Å². The van der Waals surface area contributed by atoms with E-state index in [0.29, 0.717) is 5.69 Å². The summed E-state index contributed by atoms with van der Waals surface area (Å²) in [6, 6.07) is 3.96. The van der Waals surface area contributed by atoms with E-state index >= 15 is 0 Å². The van der Waals surface area contributed by atoms with E-state index in [0.717, 1.165) is 30.8 Å². The monoisotopic (exact) mass is 205 g/mol. The number of aromatic nitrogens is 1. The molecular formula is C12H19N3. The predicted molar refractivity (Wildman–Crippen MR) is 62.5 cm³/mol. The Kier molecular flexibility index (Phi) is 4.23. The Labute approximate surface area is 91.5 Å². The van der Waals surface area contributed by atoms with Gasteiger partial charge in [-0.1, -0.05) is 19.8 Å². The van der Waals surface area contributed by atoms with Crippen molar-refractivity contribution in [2.24, 2.45) is 0 Å². The quantitative estimate of drug-likeness (QED) is 0.751. The number of unbranched alkanes of at least 4 members (excludes halogenated alkanes) is 2. The average molecular weight is 205 g/mol. The zero-order valence-corrected chi connectivity index (χ0v) is 9.58. The predicted octanol–water partition coefficient (Wildman–Crippen LogP) is 2.69. The Morgan fingerprint density at radius 1 is 1.40 bits per heavy atom.